The summed E-state index contributed by atoms with van der Waals surface area (Å²) in [4.78, 5) is 56.7. The molecule has 3 rings (SSSR count). The van der Waals surface area contributed by atoms with Crippen LogP contribution in [0.2, 0.25) is 0 Å². The molecule has 0 bridgehead atoms. The fourth-order valence-electron chi connectivity index (χ4n) is 5.49. The standard InChI is InChI=1S/C39H54N6O7/c1-9-52-37(50)43-33(39(5,6)7)35(48)44-45(24-27-18-20-28(21-19-27)29-17-13-14-22-40-29)25-31(46)30(23-26-15-11-10-12-16-26)41-34(47)32(38(2,3)4)42-36(49)51-8/h10-22,30-33,46H,9,23-25H2,1-8H3,(H,41,47)(H,42,49)(H,43,50)(H,44,48)/t30-,31-,32+,33+/m0/s1. The molecule has 0 radical (unpaired) electrons. The van der Waals surface area contributed by atoms with Crippen LogP contribution in [0.3, 0.4) is 0 Å². The molecule has 1 heterocycles. The van der Waals surface area contributed by atoms with E-state index in [0.717, 1.165) is 22.4 Å². The monoisotopic (exact) mass is 718 g/mol. The van der Waals surface area contributed by atoms with Crippen molar-refractivity contribution >= 4 is 24.0 Å². The van der Waals surface area contributed by atoms with E-state index >= 15 is 0 Å². The van der Waals surface area contributed by atoms with Gasteiger partial charge >= 0.3 is 12.2 Å². The second kappa shape index (κ2) is 19.0. The topological polar surface area (TPSA) is 171 Å². The largest absolute Gasteiger partial charge is 0.453 e. The lowest BCUT2D eigenvalue weighted by atomic mass is 9.85. The molecule has 0 saturated heterocycles. The Morgan fingerprint density at radius 1 is 0.769 bits per heavy atom. The molecular formula is C39H54N6O7. The van der Waals surface area contributed by atoms with Gasteiger partial charge in [-0.15, -0.1) is 0 Å². The molecule has 282 valence electrons. The highest BCUT2D eigenvalue weighted by Crippen LogP contribution is 2.23. The quantitative estimate of drug-likeness (QED) is 0.141. The zero-order chi connectivity index (χ0) is 38.5. The van der Waals surface area contributed by atoms with Gasteiger partial charge < -0.3 is 30.5 Å². The number of rotatable bonds is 15. The summed E-state index contributed by atoms with van der Waals surface area (Å²) in [6.45, 7) is 12.7. The number of hydrogen-bond donors (Lipinski definition) is 5. The predicted octanol–water partition coefficient (Wildman–Crippen LogP) is 4.60. The van der Waals surface area contributed by atoms with E-state index in [-0.39, 0.29) is 26.1 Å². The van der Waals surface area contributed by atoms with Gasteiger partial charge in [0.2, 0.25) is 5.91 Å². The minimum Gasteiger partial charge on any atom is -0.453 e. The molecule has 52 heavy (non-hydrogen) atoms. The number of alkyl carbamates (subject to hydrolysis) is 2. The number of carbonyl (C=O) groups excluding carboxylic acids is 4. The second-order valence-corrected chi connectivity index (χ2v) is 14.7. The van der Waals surface area contributed by atoms with E-state index in [2.05, 4.69) is 26.4 Å². The molecule has 0 aliphatic heterocycles. The smallest absolute Gasteiger partial charge is 0.407 e. The van der Waals surface area contributed by atoms with Gasteiger partial charge in [0.15, 0.2) is 0 Å². The lowest BCUT2D eigenvalue weighted by Crippen LogP contribution is -2.60. The number of pyridine rings is 1. The molecule has 2 aromatic carbocycles. The third kappa shape index (κ3) is 13.0. The summed E-state index contributed by atoms with van der Waals surface area (Å²) in [5.41, 5.74) is 4.90. The van der Waals surface area contributed by atoms with Crippen LogP contribution in [0.15, 0.2) is 79.0 Å². The molecule has 0 saturated carbocycles. The summed E-state index contributed by atoms with van der Waals surface area (Å²) in [6, 6.07) is 19.9. The highest BCUT2D eigenvalue weighted by molar-refractivity contribution is 5.87. The third-order valence-electron chi connectivity index (χ3n) is 8.30. The molecule has 4 atom stereocenters. The summed E-state index contributed by atoms with van der Waals surface area (Å²) in [6.07, 6.45) is -0.741. The van der Waals surface area contributed by atoms with Gasteiger partial charge in [-0.2, -0.15) is 0 Å². The van der Waals surface area contributed by atoms with Gasteiger partial charge in [-0.25, -0.2) is 14.6 Å². The molecule has 0 aliphatic rings. The van der Waals surface area contributed by atoms with Crippen LogP contribution in [0, 0.1) is 10.8 Å². The van der Waals surface area contributed by atoms with Gasteiger partial charge in [-0.3, -0.25) is 20.0 Å². The first kappa shape index (κ1) is 41.4. The number of aliphatic hydroxyl groups excluding tert-OH is 1. The van der Waals surface area contributed by atoms with E-state index in [1.54, 1.807) is 18.1 Å². The fourth-order valence-corrected chi connectivity index (χ4v) is 5.49. The summed E-state index contributed by atoms with van der Waals surface area (Å²) in [5.74, 6) is -1.03. The van der Waals surface area contributed by atoms with Crippen molar-refractivity contribution in [3.8, 4) is 11.3 Å². The number of aliphatic hydroxyl groups is 1. The number of amides is 4. The Labute approximate surface area is 306 Å². The van der Waals surface area contributed by atoms with Crippen LogP contribution in [0.1, 0.15) is 59.6 Å². The Balaban J connectivity index is 1.96. The van der Waals surface area contributed by atoms with Crippen LogP contribution in [0.25, 0.3) is 11.3 Å². The number of hydrazine groups is 1. The maximum atomic E-state index is 13.9. The average molecular weight is 719 g/mol. The molecule has 0 fully saturated rings. The van der Waals surface area contributed by atoms with Crippen LogP contribution < -0.4 is 21.4 Å². The highest BCUT2D eigenvalue weighted by atomic mass is 16.5. The number of carbonyl (C=O) groups is 4. The summed E-state index contributed by atoms with van der Waals surface area (Å²) >= 11 is 0. The molecule has 1 aromatic heterocycles. The first-order valence-electron chi connectivity index (χ1n) is 17.4. The number of nitrogens with zero attached hydrogens (tertiary/aromatic N) is 2. The Hall–Kier alpha value is -5.01. The number of aromatic nitrogens is 1. The van der Waals surface area contributed by atoms with Crippen LogP contribution in [-0.4, -0.2) is 83.6 Å². The first-order chi connectivity index (χ1) is 24.5. The highest BCUT2D eigenvalue weighted by Gasteiger charge is 2.37. The zero-order valence-corrected chi connectivity index (χ0v) is 31.4. The maximum Gasteiger partial charge on any atom is 0.407 e. The second-order valence-electron chi connectivity index (χ2n) is 14.7. The van der Waals surface area contributed by atoms with Crippen LogP contribution in [-0.2, 0) is 32.0 Å². The van der Waals surface area contributed by atoms with Gasteiger partial charge in [0.1, 0.15) is 12.1 Å². The molecule has 4 amide bonds. The zero-order valence-electron chi connectivity index (χ0n) is 31.4. The minimum atomic E-state index is -1.22. The van der Waals surface area contributed by atoms with Crippen molar-refractivity contribution in [2.24, 2.45) is 10.8 Å². The van der Waals surface area contributed by atoms with Gasteiger partial charge in [-0.05, 0) is 47.4 Å². The Bertz CT molecular complexity index is 1590. The van der Waals surface area contributed by atoms with Crippen LogP contribution in [0.5, 0.6) is 0 Å². The summed E-state index contributed by atoms with van der Waals surface area (Å²) < 4.78 is 9.84. The molecule has 3 aromatic rings. The molecule has 0 unspecified atom stereocenters. The van der Waals surface area contributed by atoms with Gasteiger partial charge in [-0.1, -0.05) is 102 Å². The van der Waals surface area contributed by atoms with E-state index in [1.165, 1.54) is 7.11 Å². The van der Waals surface area contributed by atoms with E-state index in [0.29, 0.717) is 0 Å². The van der Waals surface area contributed by atoms with Crippen molar-refractivity contribution in [3.63, 3.8) is 0 Å². The minimum absolute atomic E-state index is 0.119. The fraction of sp³-hybridized carbons (Fsp3) is 0.462. The first-order valence-corrected chi connectivity index (χ1v) is 17.4. The van der Waals surface area contributed by atoms with E-state index in [4.69, 9.17) is 9.47 Å². The molecule has 5 N–H and O–H groups in total. The Morgan fingerprint density at radius 3 is 1.92 bits per heavy atom. The van der Waals surface area contributed by atoms with Crippen LogP contribution >= 0.6 is 0 Å². The van der Waals surface area contributed by atoms with Gasteiger partial charge in [0.25, 0.3) is 5.91 Å². The van der Waals surface area contributed by atoms with E-state index < -0.39 is 59.1 Å². The average Bonchev–Trinajstić information content (AvgIpc) is 3.09. The predicted molar refractivity (Wildman–Crippen MR) is 198 cm³/mol. The van der Waals surface area contributed by atoms with Gasteiger partial charge in [0, 0.05) is 24.8 Å². The lowest BCUT2D eigenvalue weighted by molar-refractivity contribution is -0.132. The van der Waals surface area contributed by atoms with Crippen LogP contribution in [0.4, 0.5) is 9.59 Å². The molecule has 0 spiro atoms. The molecule has 13 nitrogen and oxygen atoms in total. The van der Waals surface area contributed by atoms with Crippen molar-refractivity contribution in [2.75, 3.05) is 20.3 Å². The summed E-state index contributed by atoms with van der Waals surface area (Å²) in [5, 5.41) is 21.7. The number of benzene rings is 2. The molecule has 13 heteroatoms. The normalized spacial score (nSPS) is 14.0. The lowest BCUT2D eigenvalue weighted by Gasteiger charge is -2.35. The SMILES string of the molecule is CCOC(=O)N[C@H](C(=O)NN(Cc1ccc(-c2ccccn2)cc1)C[C@H](O)[C@H](Cc1ccccc1)NC(=O)[C@@H](NC(=O)OC)C(C)(C)C)C(C)(C)C. The van der Waals surface area contributed by atoms with Crippen molar-refractivity contribution in [2.45, 2.75) is 85.7 Å². The Morgan fingerprint density at radius 2 is 1.37 bits per heavy atom. The van der Waals surface area contributed by atoms with Crippen molar-refractivity contribution < 1.29 is 33.8 Å². The number of ether oxygens (including phenoxy) is 2. The van der Waals surface area contributed by atoms with Crippen molar-refractivity contribution in [1.82, 2.24) is 31.4 Å². The maximum absolute atomic E-state index is 13.9. The summed E-state index contributed by atoms with van der Waals surface area (Å²) in [7, 11) is 1.22. The Kier molecular flexibility index (Phi) is 15.1. The van der Waals surface area contributed by atoms with E-state index in [9.17, 15) is 24.3 Å². The molecular weight excluding hydrogens is 664 g/mol. The third-order valence-corrected chi connectivity index (χ3v) is 8.30. The van der Waals surface area contributed by atoms with Gasteiger partial charge in [0.05, 0.1) is 31.6 Å². The number of hydrogen-bond acceptors (Lipinski definition) is 9. The van der Waals surface area contributed by atoms with Crippen molar-refractivity contribution in [1.29, 1.82) is 0 Å². The number of nitrogens with one attached hydrogen (secondary N) is 4. The van der Waals surface area contributed by atoms with E-state index in [1.807, 2.05) is 114 Å². The number of methoxy groups -OCH3 is 1. The molecule has 0 aliphatic carbocycles. The van der Waals surface area contributed by atoms with Crippen molar-refractivity contribution in [3.05, 3.63) is 90.1 Å².